The quantitative estimate of drug-likeness (QED) is 0.264. The number of fused-ring (bicyclic) bond motifs is 1. The third-order valence-electron chi connectivity index (χ3n) is 6.12. The van der Waals surface area contributed by atoms with E-state index in [0.717, 1.165) is 50.7 Å². The molecular formula is C30H33NO5S. The lowest BCUT2D eigenvalue weighted by molar-refractivity contribution is -0.123. The molecule has 0 radical (unpaired) electrons. The van der Waals surface area contributed by atoms with E-state index in [2.05, 4.69) is 26.0 Å². The standard InChI is InChI=1S/C30H33NO5S/c1-6-34-22-11-9-21-10-13-26(35-7-2)25(24(21)17-22)18-28-29(32)31(30(33)37-28)14-15-36-27-16-20(5)8-12-23(27)19(3)4/h8-13,16-19H,6-7,14-15H2,1-5H3/b28-18-. The van der Waals surface area contributed by atoms with E-state index in [1.54, 1.807) is 6.08 Å². The molecule has 0 N–H and O–H groups in total. The third-order valence-corrected chi connectivity index (χ3v) is 7.03. The van der Waals surface area contributed by atoms with Gasteiger partial charge in [-0.2, -0.15) is 0 Å². The predicted octanol–water partition coefficient (Wildman–Crippen LogP) is 7.18. The second-order valence-electron chi connectivity index (χ2n) is 9.10. The van der Waals surface area contributed by atoms with Crippen molar-refractivity contribution in [3.8, 4) is 17.2 Å². The van der Waals surface area contributed by atoms with E-state index in [9.17, 15) is 9.59 Å². The molecule has 1 heterocycles. The van der Waals surface area contributed by atoms with Gasteiger partial charge in [-0.15, -0.1) is 0 Å². The van der Waals surface area contributed by atoms with E-state index in [4.69, 9.17) is 14.2 Å². The number of aryl methyl sites for hydroxylation is 1. The van der Waals surface area contributed by atoms with Crippen LogP contribution in [-0.2, 0) is 4.79 Å². The number of amides is 2. The zero-order valence-electron chi connectivity index (χ0n) is 22.0. The van der Waals surface area contributed by atoms with Gasteiger partial charge in [0.2, 0.25) is 0 Å². The van der Waals surface area contributed by atoms with Gasteiger partial charge in [0.25, 0.3) is 11.1 Å². The minimum absolute atomic E-state index is 0.176. The second-order valence-corrected chi connectivity index (χ2v) is 10.1. The molecule has 3 aromatic rings. The highest BCUT2D eigenvalue weighted by atomic mass is 32.2. The Morgan fingerprint density at radius 1 is 0.919 bits per heavy atom. The third kappa shape index (κ3) is 5.93. The van der Waals surface area contributed by atoms with E-state index in [-0.39, 0.29) is 24.3 Å². The Kier molecular flexibility index (Phi) is 8.44. The number of ether oxygens (including phenoxy) is 3. The molecule has 0 unspecified atom stereocenters. The van der Waals surface area contributed by atoms with Crippen molar-refractivity contribution in [2.24, 2.45) is 0 Å². The fourth-order valence-electron chi connectivity index (χ4n) is 4.30. The van der Waals surface area contributed by atoms with Gasteiger partial charge >= 0.3 is 0 Å². The van der Waals surface area contributed by atoms with E-state index in [0.29, 0.717) is 29.8 Å². The van der Waals surface area contributed by atoms with E-state index in [1.807, 2.05) is 57.2 Å². The summed E-state index contributed by atoms with van der Waals surface area (Å²) >= 11 is 0.939. The first-order valence-corrected chi connectivity index (χ1v) is 13.4. The molecule has 0 aliphatic carbocycles. The van der Waals surface area contributed by atoms with Crippen LogP contribution in [0.15, 0.2) is 53.4 Å². The summed E-state index contributed by atoms with van der Waals surface area (Å²) in [5.41, 5.74) is 2.95. The topological polar surface area (TPSA) is 65.1 Å². The molecule has 7 heteroatoms. The highest BCUT2D eigenvalue weighted by molar-refractivity contribution is 8.18. The van der Waals surface area contributed by atoms with E-state index < -0.39 is 0 Å². The molecule has 37 heavy (non-hydrogen) atoms. The Balaban J connectivity index is 1.58. The summed E-state index contributed by atoms with van der Waals surface area (Å²) in [5, 5.41) is 1.58. The van der Waals surface area contributed by atoms with Crippen LogP contribution in [-0.4, -0.2) is 42.4 Å². The summed E-state index contributed by atoms with van der Waals surface area (Å²) < 4.78 is 17.6. The van der Waals surface area contributed by atoms with Crippen LogP contribution >= 0.6 is 11.8 Å². The van der Waals surface area contributed by atoms with Gasteiger partial charge in [0.1, 0.15) is 23.9 Å². The van der Waals surface area contributed by atoms with Crippen LogP contribution in [0.5, 0.6) is 17.2 Å². The van der Waals surface area contributed by atoms with Crippen LogP contribution in [0.4, 0.5) is 4.79 Å². The Hall–Kier alpha value is -3.45. The van der Waals surface area contributed by atoms with Crippen molar-refractivity contribution in [3.63, 3.8) is 0 Å². The number of nitrogens with zero attached hydrogens (tertiary/aromatic N) is 1. The lowest BCUT2D eigenvalue weighted by atomic mass is 10.0. The van der Waals surface area contributed by atoms with Crippen molar-refractivity contribution >= 4 is 39.8 Å². The molecule has 0 bridgehead atoms. The minimum atomic E-state index is -0.327. The van der Waals surface area contributed by atoms with Gasteiger partial charge in [-0.25, -0.2) is 0 Å². The highest BCUT2D eigenvalue weighted by Gasteiger charge is 2.35. The number of thioether (sulfide) groups is 1. The van der Waals surface area contributed by atoms with Crippen LogP contribution in [0.1, 0.15) is 50.3 Å². The molecule has 1 saturated heterocycles. The van der Waals surface area contributed by atoms with E-state index >= 15 is 0 Å². The monoisotopic (exact) mass is 519 g/mol. The lowest BCUT2D eigenvalue weighted by Gasteiger charge is -2.17. The molecule has 3 aromatic carbocycles. The van der Waals surface area contributed by atoms with Gasteiger partial charge in [-0.3, -0.25) is 14.5 Å². The number of rotatable bonds is 10. The summed E-state index contributed by atoms with van der Waals surface area (Å²) in [6.07, 6.45) is 1.76. The second kappa shape index (κ2) is 11.7. The molecule has 1 aliphatic rings. The fraction of sp³-hybridized carbons (Fsp3) is 0.333. The van der Waals surface area contributed by atoms with Crippen molar-refractivity contribution in [2.45, 2.75) is 40.5 Å². The maximum Gasteiger partial charge on any atom is 0.293 e. The highest BCUT2D eigenvalue weighted by Crippen LogP contribution is 2.38. The minimum Gasteiger partial charge on any atom is -0.494 e. The van der Waals surface area contributed by atoms with Gasteiger partial charge in [0.05, 0.1) is 24.7 Å². The van der Waals surface area contributed by atoms with E-state index in [1.165, 1.54) is 4.90 Å². The SMILES string of the molecule is CCOc1ccc2ccc(OCC)c(/C=C3\SC(=O)N(CCOc4cc(C)ccc4C(C)C)C3=O)c2c1. The van der Waals surface area contributed by atoms with Crippen molar-refractivity contribution in [1.82, 2.24) is 4.90 Å². The first-order chi connectivity index (χ1) is 17.8. The zero-order chi connectivity index (χ0) is 26.5. The van der Waals surface area contributed by atoms with Crippen molar-refractivity contribution in [1.29, 1.82) is 0 Å². The van der Waals surface area contributed by atoms with Gasteiger partial charge < -0.3 is 14.2 Å². The predicted molar refractivity (Wildman–Crippen MR) is 150 cm³/mol. The summed E-state index contributed by atoms with van der Waals surface area (Å²) in [7, 11) is 0. The molecule has 4 rings (SSSR count). The van der Waals surface area contributed by atoms with Crippen molar-refractivity contribution in [3.05, 3.63) is 70.1 Å². The van der Waals surface area contributed by atoms with Gasteiger partial charge in [0.15, 0.2) is 0 Å². The zero-order valence-corrected chi connectivity index (χ0v) is 22.8. The number of imide groups is 1. The average Bonchev–Trinajstić information content (AvgIpc) is 3.13. The van der Waals surface area contributed by atoms with Crippen LogP contribution < -0.4 is 14.2 Å². The summed E-state index contributed by atoms with van der Waals surface area (Å²) in [6, 6.07) is 15.8. The first-order valence-electron chi connectivity index (χ1n) is 12.6. The van der Waals surface area contributed by atoms with Crippen LogP contribution in [0, 0.1) is 6.92 Å². The molecule has 1 aliphatic heterocycles. The number of benzene rings is 3. The van der Waals surface area contributed by atoms with Crippen molar-refractivity contribution < 1.29 is 23.8 Å². The van der Waals surface area contributed by atoms with Gasteiger partial charge in [-0.05, 0) is 90.7 Å². The smallest absolute Gasteiger partial charge is 0.293 e. The number of hydrogen-bond donors (Lipinski definition) is 0. The molecule has 1 fully saturated rings. The lowest BCUT2D eigenvalue weighted by Crippen LogP contribution is -2.32. The summed E-state index contributed by atoms with van der Waals surface area (Å²) in [4.78, 5) is 27.7. The van der Waals surface area contributed by atoms with Gasteiger partial charge in [0, 0.05) is 5.56 Å². The Labute approximate surface area is 222 Å². The average molecular weight is 520 g/mol. The van der Waals surface area contributed by atoms with Crippen LogP contribution in [0.2, 0.25) is 0 Å². The number of hydrogen-bond acceptors (Lipinski definition) is 6. The number of carbonyl (C=O) groups is 2. The fourth-order valence-corrected chi connectivity index (χ4v) is 5.15. The van der Waals surface area contributed by atoms with Gasteiger partial charge in [-0.1, -0.05) is 38.1 Å². The largest absolute Gasteiger partial charge is 0.494 e. The number of carbonyl (C=O) groups excluding carboxylic acids is 2. The normalized spacial score (nSPS) is 14.8. The van der Waals surface area contributed by atoms with Crippen LogP contribution in [0.3, 0.4) is 0 Å². The first kappa shape index (κ1) is 26.6. The maximum atomic E-state index is 13.3. The molecule has 194 valence electrons. The molecule has 0 saturated carbocycles. The summed E-state index contributed by atoms with van der Waals surface area (Å²) in [6.45, 7) is 11.5. The van der Waals surface area contributed by atoms with Crippen LogP contribution in [0.25, 0.3) is 16.8 Å². The molecule has 0 atom stereocenters. The maximum absolute atomic E-state index is 13.3. The molecule has 2 amide bonds. The Morgan fingerprint density at radius 2 is 1.68 bits per heavy atom. The molecule has 0 aromatic heterocycles. The Bertz CT molecular complexity index is 1340. The Morgan fingerprint density at radius 3 is 2.41 bits per heavy atom. The molecular weight excluding hydrogens is 486 g/mol. The summed E-state index contributed by atoms with van der Waals surface area (Å²) in [5.74, 6) is 2.16. The molecule has 6 nitrogen and oxygen atoms in total. The molecule has 0 spiro atoms. The van der Waals surface area contributed by atoms with Crippen molar-refractivity contribution in [2.75, 3.05) is 26.4 Å².